The molecule has 2 aliphatic rings. The van der Waals surface area contributed by atoms with Crippen LogP contribution in [0.1, 0.15) is 33.1 Å². The maximum absolute atomic E-state index is 12.0. The lowest BCUT2D eigenvalue weighted by Gasteiger charge is -2.21. The van der Waals surface area contributed by atoms with Crippen LogP contribution in [0.4, 0.5) is 0 Å². The molecule has 0 saturated heterocycles. The summed E-state index contributed by atoms with van der Waals surface area (Å²) in [4.78, 5) is 44.2. The van der Waals surface area contributed by atoms with Gasteiger partial charge in [-0.3, -0.25) is 29.8 Å². The van der Waals surface area contributed by atoms with Crippen LogP contribution >= 0.6 is 0 Å². The SMILES string of the molecule is CC(C)C[C@H](CNC(=O)[C@@H]1C[C@@H]1[N+](=O)[O-])NC(=O)[C@H]1C[C@@H]1[N+](=O)[O-]. The monoisotopic (exact) mass is 342 g/mol. The highest BCUT2D eigenvalue weighted by Crippen LogP contribution is 2.34. The van der Waals surface area contributed by atoms with Crippen molar-refractivity contribution in [3.8, 4) is 0 Å². The molecule has 2 rings (SSSR count). The zero-order chi connectivity index (χ0) is 18.0. The highest BCUT2D eigenvalue weighted by Gasteiger charge is 2.54. The Labute approximate surface area is 138 Å². The Balaban J connectivity index is 1.80. The van der Waals surface area contributed by atoms with Gasteiger partial charge in [-0.05, 0) is 12.3 Å². The Morgan fingerprint density at radius 3 is 1.96 bits per heavy atom. The number of rotatable bonds is 9. The Hall–Kier alpha value is -2.26. The van der Waals surface area contributed by atoms with Gasteiger partial charge in [0.15, 0.2) is 0 Å². The molecule has 0 aromatic carbocycles. The van der Waals surface area contributed by atoms with Gasteiger partial charge >= 0.3 is 0 Å². The molecule has 0 aromatic rings. The molecule has 10 nitrogen and oxygen atoms in total. The molecule has 0 aliphatic heterocycles. The standard InChI is InChI=1S/C14H22N4O6/c1-7(2)3-8(16-14(20)10-5-12(10)18(23)24)6-15-13(19)9-4-11(9)17(21)22/h7-12H,3-6H2,1-2H3,(H,15,19)(H,16,20)/t8-,9-,10+,11+,12+/m1/s1. The molecule has 0 aromatic heterocycles. The summed E-state index contributed by atoms with van der Waals surface area (Å²) in [6, 6.07) is -1.97. The second kappa shape index (κ2) is 7.10. The minimum atomic E-state index is -0.813. The average molecular weight is 342 g/mol. The van der Waals surface area contributed by atoms with Crippen molar-refractivity contribution >= 4 is 11.8 Å². The van der Waals surface area contributed by atoms with Crippen LogP contribution in [0, 0.1) is 38.0 Å². The lowest BCUT2D eigenvalue weighted by Crippen LogP contribution is -2.46. The summed E-state index contributed by atoms with van der Waals surface area (Å²) < 4.78 is 0. The van der Waals surface area contributed by atoms with Crippen LogP contribution in [0.2, 0.25) is 0 Å². The fourth-order valence-corrected chi connectivity index (χ4v) is 2.82. The molecule has 10 heteroatoms. The third-order valence-electron chi connectivity index (χ3n) is 4.35. The van der Waals surface area contributed by atoms with Gasteiger partial charge in [0, 0.05) is 35.3 Å². The van der Waals surface area contributed by atoms with E-state index in [1.807, 2.05) is 13.8 Å². The molecule has 0 bridgehead atoms. The molecule has 0 unspecified atom stereocenters. The van der Waals surface area contributed by atoms with Crippen LogP contribution in [0.3, 0.4) is 0 Å². The molecule has 2 N–H and O–H groups in total. The molecular weight excluding hydrogens is 320 g/mol. The van der Waals surface area contributed by atoms with Crippen molar-refractivity contribution < 1.29 is 19.4 Å². The summed E-state index contributed by atoms with van der Waals surface area (Å²) in [5.41, 5.74) is 0. The molecule has 2 saturated carbocycles. The van der Waals surface area contributed by atoms with E-state index in [1.54, 1.807) is 0 Å². The third-order valence-corrected chi connectivity index (χ3v) is 4.35. The van der Waals surface area contributed by atoms with Crippen molar-refractivity contribution in [1.82, 2.24) is 10.6 Å². The highest BCUT2D eigenvalue weighted by atomic mass is 16.6. The van der Waals surface area contributed by atoms with Gasteiger partial charge in [-0.2, -0.15) is 0 Å². The number of hydrogen-bond acceptors (Lipinski definition) is 6. The highest BCUT2D eigenvalue weighted by molar-refractivity contribution is 5.83. The van der Waals surface area contributed by atoms with E-state index in [9.17, 15) is 29.8 Å². The van der Waals surface area contributed by atoms with E-state index < -0.39 is 33.8 Å². The number of carbonyl (C=O) groups excluding carboxylic acids is 2. The molecule has 24 heavy (non-hydrogen) atoms. The number of nitro groups is 2. The minimum absolute atomic E-state index is 0.166. The van der Waals surface area contributed by atoms with Crippen LogP contribution < -0.4 is 10.6 Å². The van der Waals surface area contributed by atoms with E-state index in [1.165, 1.54) is 0 Å². The van der Waals surface area contributed by atoms with Crippen LogP contribution in [0.5, 0.6) is 0 Å². The van der Waals surface area contributed by atoms with Gasteiger partial charge in [-0.15, -0.1) is 0 Å². The van der Waals surface area contributed by atoms with E-state index in [4.69, 9.17) is 0 Å². The van der Waals surface area contributed by atoms with E-state index >= 15 is 0 Å². The van der Waals surface area contributed by atoms with Crippen molar-refractivity contribution in [2.24, 2.45) is 17.8 Å². The largest absolute Gasteiger partial charge is 0.354 e. The fraction of sp³-hybridized carbons (Fsp3) is 0.857. The quantitative estimate of drug-likeness (QED) is 0.444. The van der Waals surface area contributed by atoms with Crippen LogP contribution in [0.15, 0.2) is 0 Å². The van der Waals surface area contributed by atoms with Gasteiger partial charge in [-0.25, -0.2) is 0 Å². The number of carbonyl (C=O) groups is 2. The summed E-state index contributed by atoms with van der Waals surface area (Å²) in [6.45, 7) is 4.09. The van der Waals surface area contributed by atoms with Gasteiger partial charge < -0.3 is 10.6 Å². The van der Waals surface area contributed by atoms with Crippen LogP contribution in [-0.2, 0) is 9.59 Å². The molecule has 2 amide bonds. The summed E-state index contributed by atoms with van der Waals surface area (Å²) in [5, 5.41) is 26.6. The van der Waals surface area contributed by atoms with Crippen molar-refractivity contribution in [1.29, 1.82) is 0 Å². The molecule has 2 aliphatic carbocycles. The first kappa shape index (κ1) is 18.1. The first-order valence-corrected chi connectivity index (χ1v) is 8.05. The zero-order valence-electron chi connectivity index (χ0n) is 13.6. The van der Waals surface area contributed by atoms with E-state index in [0.717, 1.165) is 0 Å². The maximum atomic E-state index is 12.0. The number of nitrogens with one attached hydrogen (secondary N) is 2. The normalized spacial score (nSPS) is 28.8. The Bertz CT molecular complexity index is 551. The fourth-order valence-electron chi connectivity index (χ4n) is 2.82. The topological polar surface area (TPSA) is 144 Å². The van der Waals surface area contributed by atoms with E-state index in [2.05, 4.69) is 10.6 Å². The van der Waals surface area contributed by atoms with Gasteiger partial charge in [0.1, 0.15) is 11.8 Å². The minimum Gasteiger partial charge on any atom is -0.354 e. The number of amides is 2. The lowest BCUT2D eigenvalue weighted by atomic mass is 10.0. The molecular formula is C14H22N4O6. The lowest BCUT2D eigenvalue weighted by molar-refractivity contribution is -0.497. The van der Waals surface area contributed by atoms with Gasteiger partial charge in [0.2, 0.25) is 23.9 Å². The Morgan fingerprint density at radius 2 is 1.54 bits per heavy atom. The van der Waals surface area contributed by atoms with Gasteiger partial charge in [0.25, 0.3) is 0 Å². The summed E-state index contributed by atoms with van der Waals surface area (Å²) in [6.07, 6.45) is 1.09. The smallest absolute Gasteiger partial charge is 0.230 e. The first-order valence-electron chi connectivity index (χ1n) is 8.05. The molecule has 2 fully saturated rings. The van der Waals surface area contributed by atoms with Crippen molar-refractivity contribution in [2.45, 2.75) is 51.2 Å². The van der Waals surface area contributed by atoms with Crippen molar-refractivity contribution in [3.05, 3.63) is 20.2 Å². The summed E-state index contributed by atoms with van der Waals surface area (Å²) in [5.74, 6) is -1.70. The second-order valence-electron chi connectivity index (χ2n) is 6.97. The predicted octanol–water partition coefficient (Wildman–Crippen LogP) is -0.0361. The molecule has 5 atom stereocenters. The van der Waals surface area contributed by atoms with Crippen molar-refractivity contribution in [2.75, 3.05) is 6.54 Å². The average Bonchev–Trinajstić information content (AvgIpc) is 3.36. The van der Waals surface area contributed by atoms with Crippen LogP contribution in [-0.4, -0.2) is 46.3 Å². The molecule has 134 valence electrons. The van der Waals surface area contributed by atoms with Crippen LogP contribution in [0.25, 0.3) is 0 Å². The van der Waals surface area contributed by atoms with E-state index in [0.29, 0.717) is 6.42 Å². The summed E-state index contributed by atoms with van der Waals surface area (Å²) >= 11 is 0. The number of nitrogens with zero attached hydrogens (tertiary/aromatic N) is 2. The molecule has 0 heterocycles. The maximum Gasteiger partial charge on any atom is 0.230 e. The first-order chi connectivity index (χ1) is 11.2. The third kappa shape index (κ3) is 4.62. The van der Waals surface area contributed by atoms with Gasteiger partial charge in [0.05, 0.1) is 0 Å². The molecule has 0 spiro atoms. The second-order valence-corrected chi connectivity index (χ2v) is 6.97. The predicted molar refractivity (Wildman–Crippen MR) is 82.2 cm³/mol. The Kier molecular flexibility index (Phi) is 5.35. The molecule has 0 radical (unpaired) electrons. The van der Waals surface area contributed by atoms with Gasteiger partial charge in [-0.1, -0.05) is 13.8 Å². The van der Waals surface area contributed by atoms with Crippen molar-refractivity contribution in [3.63, 3.8) is 0 Å². The summed E-state index contributed by atoms with van der Waals surface area (Å²) in [7, 11) is 0. The zero-order valence-corrected chi connectivity index (χ0v) is 13.6. The number of hydrogen-bond donors (Lipinski definition) is 2. The Morgan fingerprint density at radius 1 is 1.04 bits per heavy atom. The van der Waals surface area contributed by atoms with E-state index in [-0.39, 0.29) is 43.2 Å².